The highest BCUT2D eigenvalue weighted by Crippen LogP contribution is 2.17. The molecule has 0 saturated heterocycles. The maximum absolute atomic E-state index is 13.9. The summed E-state index contributed by atoms with van der Waals surface area (Å²) in [4.78, 5) is 80.5. The smallest absolute Gasteiger partial charge is 0.408 e. The van der Waals surface area contributed by atoms with Crippen LogP contribution < -0.4 is 26.6 Å². The number of esters is 1. The fraction of sp³-hybridized carbons (Fsp3) is 0.478. The van der Waals surface area contributed by atoms with Gasteiger partial charge >= 0.3 is 12.1 Å². The Balaban J connectivity index is 1.73. The number of hydrogen-bond donors (Lipinski definition) is 7. The second-order valence-electron chi connectivity index (χ2n) is 16.1. The molecule has 0 aliphatic carbocycles. The highest BCUT2D eigenvalue weighted by molar-refractivity contribution is 5.92. The Morgan fingerprint density at radius 2 is 1.20 bits per heavy atom. The van der Waals surface area contributed by atoms with E-state index in [1.165, 1.54) is 19.2 Å². The normalized spacial score (nSPS) is 14.6. The number of carbonyl (C=O) groups is 6. The summed E-state index contributed by atoms with van der Waals surface area (Å²) in [5, 5.41) is 34.9. The minimum absolute atomic E-state index is 0.00875. The molecule has 0 spiro atoms. The molecule has 3 rings (SSSR count). The molecule has 3 aromatic carbocycles. The van der Waals surface area contributed by atoms with Crippen molar-refractivity contribution in [2.75, 3.05) is 7.11 Å². The van der Waals surface area contributed by atoms with Crippen molar-refractivity contribution < 1.29 is 48.5 Å². The van der Waals surface area contributed by atoms with E-state index in [1.807, 2.05) is 57.2 Å². The molecule has 15 heteroatoms. The summed E-state index contributed by atoms with van der Waals surface area (Å²) in [6, 6.07) is 18.9. The number of hydrogen-bond acceptors (Lipinski definition) is 10. The molecular formula is C46H63N5O10. The summed E-state index contributed by atoms with van der Waals surface area (Å²) in [7, 11) is 1.23. The van der Waals surface area contributed by atoms with Gasteiger partial charge in [-0.25, -0.2) is 9.59 Å². The van der Waals surface area contributed by atoms with Gasteiger partial charge in [-0.15, -0.1) is 0 Å². The summed E-state index contributed by atoms with van der Waals surface area (Å²) in [5.41, 5.74) is 2.16. The fourth-order valence-electron chi connectivity index (χ4n) is 6.58. The first-order valence-corrected chi connectivity index (χ1v) is 20.8. The Bertz CT molecular complexity index is 1860. The third kappa shape index (κ3) is 16.9. The van der Waals surface area contributed by atoms with Gasteiger partial charge in [0.15, 0.2) is 0 Å². The molecule has 0 aliphatic rings. The van der Waals surface area contributed by atoms with Crippen molar-refractivity contribution in [3.8, 4) is 5.75 Å². The Morgan fingerprint density at radius 1 is 0.639 bits per heavy atom. The highest BCUT2D eigenvalue weighted by Gasteiger charge is 2.35. The van der Waals surface area contributed by atoms with Gasteiger partial charge in [0.25, 0.3) is 0 Å². The zero-order valence-corrected chi connectivity index (χ0v) is 36.2. The predicted octanol–water partition coefficient (Wildman–Crippen LogP) is 4.08. The zero-order valence-electron chi connectivity index (χ0n) is 36.2. The molecule has 0 aromatic heterocycles. The van der Waals surface area contributed by atoms with E-state index in [2.05, 4.69) is 26.6 Å². The summed E-state index contributed by atoms with van der Waals surface area (Å²) in [5.74, 6) is -3.98. The molecule has 7 atom stereocenters. The number of ether oxygens (including phenoxy) is 2. The van der Waals surface area contributed by atoms with E-state index in [-0.39, 0.29) is 43.5 Å². The quantitative estimate of drug-likeness (QED) is 0.0678. The standard InChI is InChI=1S/C46H63N5O10/c1-8-30(6)41(44(57)48-37(45(58)60-7)25-31-15-11-9-12-16-31)50-39(54)26-38(53)35(23-28(2)3)47-43(56)40(29(4)5)51-42(55)36(24-32-19-21-34(52)22-20-32)49-46(59)61-27-33-17-13-10-14-18-33/h9-22,28-30,35-38,40-41,52-53H,8,23-27H2,1-7H3,(H,47,56)(H,48,57)(H,49,59)(H,50,54)(H,51,55)/t30-,35-,36-,37-,38-,40-,41-/m0/s1. The topological polar surface area (TPSA) is 221 Å². The number of methoxy groups -OCH3 is 1. The lowest BCUT2D eigenvalue weighted by atomic mass is 9.94. The second-order valence-corrected chi connectivity index (χ2v) is 16.1. The lowest BCUT2D eigenvalue weighted by Crippen LogP contribution is -2.58. The monoisotopic (exact) mass is 845 g/mol. The van der Waals surface area contributed by atoms with Gasteiger partial charge in [0.1, 0.15) is 36.5 Å². The van der Waals surface area contributed by atoms with Crippen LogP contribution >= 0.6 is 0 Å². The number of carbonyl (C=O) groups excluding carboxylic acids is 6. The first kappa shape index (κ1) is 49.4. The molecule has 332 valence electrons. The summed E-state index contributed by atoms with van der Waals surface area (Å²) in [6.07, 6.45) is -1.75. The SMILES string of the molecule is CC[C@H](C)[C@H](NC(=O)C[C@H](O)[C@H](CC(C)C)NC(=O)[C@@H](NC(=O)[C@H](Cc1ccc(O)cc1)NC(=O)OCc1ccccc1)C(C)C)C(=O)N[C@@H](Cc1ccccc1)C(=O)OC. The van der Waals surface area contributed by atoms with E-state index >= 15 is 0 Å². The second kappa shape index (κ2) is 25.0. The van der Waals surface area contributed by atoms with Crippen LogP contribution in [-0.2, 0) is 52.9 Å². The van der Waals surface area contributed by atoms with Gasteiger partial charge < -0.3 is 46.3 Å². The van der Waals surface area contributed by atoms with Crippen LogP contribution in [0.2, 0.25) is 0 Å². The van der Waals surface area contributed by atoms with Crippen molar-refractivity contribution in [3.63, 3.8) is 0 Å². The molecule has 0 fully saturated rings. The van der Waals surface area contributed by atoms with E-state index < -0.39 is 84.3 Å². The van der Waals surface area contributed by atoms with Crippen LogP contribution in [0.15, 0.2) is 84.9 Å². The molecule has 0 heterocycles. The van der Waals surface area contributed by atoms with Crippen molar-refractivity contribution >= 4 is 35.7 Å². The number of benzene rings is 3. The van der Waals surface area contributed by atoms with Gasteiger partial charge in [-0.3, -0.25) is 19.2 Å². The van der Waals surface area contributed by atoms with Crippen molar-refractivity contribution in [2.45, 2.75) is 117 Å². The Morgan fingerprint density at radius 3 is 1.75 bits per heavy atom. The van der Waals surface area contributed by atoms with E-state index in [0.29, 0.717) is 12.0 Å². The van der Waals surface area contributed by atoms with Crippen molar-refractivity contribution in [2.24, 2.45) is 17.8 Å². The minimum atomic E-state index is -1.39. The van der Waals surface area contributed by atoms with Gasteiger partial charge in [0.05, 0.1) is 25.7 Å². The van der Waals surface area contributed by atoms with Crippen molar-refractivity contribution in [3.05, 3.63) is 102 Å². The first-order valence-electron chi connectivity index (χ1n) is 20.8. The lowest BCUT2D eigenvalue weighted by Gasteiger charge is -2.31. The van der Waals surface area contributed by atoms with Crippen LogP contribution in [-0.4, -0.2) is 89.3 Å². The molecular weight excluding hydrogens is 783 g/mol. The van der Waals surface area contributed by atoms with Crippen LogP contribution in [0.25, 0.3) is 0 Å². The summed E-state index contributed by atoms with van der Waals surface area (Å²) in [6.45, 7) is 10.8. The molecule has 0 bridgehead atoms. The molecule has 5 amide bonds. The van der Waals surface area contributed by atoms with Crippen LogP contribution in [0.1, 0.15) is 77.5 Å². The molecule has 3 aromatic rings. The number of rotatable bonds is 23. The molecule has 0 aliphatic heterocycles. The van der Waals surface area contributed by atoms with E-state index in [0.717, 1.165) is 11.1 Å². The van der Waals surface area contributed by atoms with Crippen LogP contribution in [0.4, 0.5) is 4.79 Å². The molecule has 0 saturated carbocycles. The molecule has 15 nitrogen and oxygen atoms in total. The van der Waals surface area contributed by atoms with Gasteiger partial charge in [-0.05, 0) is 53.0 Å². The molecule has 7 N–H and O–H groups in total. The van der Waals surface area contributed by atoms with Gasteiger partial charge in [0.2, 0.25) is 23.6 Å². The van der Waals surface area contributed by atoms with Gasteiger partial charge in [0, 0.05) is 12.8 Å². The number of alkyl carbamates (subject to hydrolysis) is 1. The first-order chi connectivity index (χ1) is 29.0. The van der Waals surface area contributed by atoms with E-state index in [9.17, 15) is 39.0 Å². The zero-order chi connectivity index (χ0) is 45.1. The molecule has 0 radical (unpaired) electrons. The number of aliphatic hydroxyl groups is 1. The average molecular weight is 846 g/mol. The average Bonchev–Trinajstić information content (AvgIpc) is 3.23. The number of nitrogens with one attached hydrogen (secondary N) is 5. The number of aliphatic hydroxyl groups excluding tert-OH is 1. The van der Waals surface area contributed by atoms with Crippen LogP contribution in [0.3, 0.4) is 0 Å². The fourth-order valence-corrected chi connectivity index (χ4v) is 6.58. The van der Waals surface area contributed by atoms with Crippen molar-refractivity contribution in [1.29, 1.82) is 0 Å². The lowest BCUT2D eigenvalue weighted by molar-refractivity contribution is -0.145. The van der Waals surface area contributed by atoms with Crippen molar-refractivity contribution in [1.82, 2.24) is 26.6 Å². The number of phenols is 1. The Kier molecular flexibility index (Phi) is 20.2. The summed E-state index contributed by atoms with van der Waals surface area (Å²) < 4.78 is 10.3. The number of phenolic OH excluding ortho intramolecular Hbond substituents is 1. The van der Waals surface area contributed by atoms with Crippen LogP contribution in [0, 0.1) is 17.8 Å². The Labute approximate surface area is 358 Å². The van der Waals surface area contributed by atoms with E-state index in [4.69, 9.17) is 9.47 Å². The third-order valence-electron chi connectivity index (χ3n) is 10.3. The number of aromatic hydroxyl groups is 1. The molecule has 61 heavy (non-hydrogen) atoms. The maximum Gasteiger partial charge on any atom is 0.408 e. The Hall–Kier alpha value is -5.96. The number of amides is 5. The van der Waals surface area contributed by atoms with E-state index in [1.54, 1.807) is 57.2 Å². The third-order valence-corrected chi connectivity index (χ3v) is 10.3. The maximum atomic E-state index is 13.9. The summed E-state index contributed by atoms with van der Waals surface area (Å²) >= 11 is 0. The largest absolute Gasteiger partial charge is 0.508 e. The molecule has 0 unspecified atom stereocenters. The predicted molar refractivity (Wildman–Crippen MR) is 230 cm³/mol. The van der Waals surface area contributed by atoms with Gasteiger partial charge in [-0.1, -0.05) is 121 Å². The van der Waals surface area contributed by atoms with Gasteiger partial charge in [-0.2, -0.15) is 0 Å². The van der Waals surface area contributed by atoms with Crippen LogP contribution in [0.5, 0.6) is 5.75 Å². The highest BCUT2D eigenvalue weighted by atomic mass is 16.5. The minimum Gasteiger partial charge on any atom is -0.508 e.